The first-order valence-electron chi connectivity index (χ1n) is 14.1. The molecule has 0 unspecified atom stereocenters. The zero-order valence-electron chi connectivity index (χ0n) is 23.8. The Kier molecular flexibility index (Phi) is 8.52. The molecule has 0 fully saturated rings. The van der Waals surface area contributed by atoms with Gasteiger partial charge in [-0.1, -0.05) is 77.0 Å². The number of benzene rings is 4. The van der Waals surface area contributed by atoms with Gasteiger partial charge in [-0.2, -0.15) is 0 Å². The molecule has 10 heteroatoms. The molecule has 1 aromatic heterocycles. The van der Waals surface area contributed by atoms with Gasteiger partial charge in [-0.05, 0) is 109 Å². The Labute approximate surface area is 290 Å². The Balaban J connectivity index is 1.30. The minimum absolute atomic E-state index is 0.0741. The summed E-state index contributed by atoms with van der Waals surface area (Å²) < 4.78 is 15.5. The van der Waals surface area contributed by atoms with Crippen molar-refractivity contribution in [3.8, 4) is 11.5 Å². The molecule has 1 atom stereocenters. The first-order chi connectivity index (χ1) is 21.8. The molecule has 0 N–H and O–H groups in total. The van der Waals surface area contributed by atoms with E-state index in [0.29, 0.717) is 25.1 Å². The number of rotatable bonds is 6. The third-order valence-electron chi connectivity index (χ3n) is 8.01. The quantitative estimate of drug-likeness (QED) is 0.173. The van der Waals surface area contributed by atoms with Crippen molar-refractivity contribution in [1.82, 2.24) is 4.57 Å². The van der Waals surface area contributed by atoms with Crippen molar-refractivity contribution >= 4 is 78.2 Å². The van der Waals surface area contributed by atoms with Gasteiger partial charge in [-0.3, -0.25) is 9.36 Å². The van der Waals surface area contributed by atoms with Crippen molar-refractivity contribution in [2.45, 2.75) is 25.5 Å². The molecule has 0 saturated carbocycles. The molecule has 4 aromatic carbocycles. The second-order valence-electron chi connectivity index (χ2n) is 10.7. The first-order valence-corrected chi connectivity index (χ1v) is 17.3. The lowest BCUT2D eigenvalue weighted by molar-refractivity contribution is 0.302. The van der Waals surface area contributed by atoms with Gasteiger partial charge in [0, 0.05) is 21.2 Å². The highest BCUT2D eigenvalue weighted by atomic mass is 79.9. The summed E-state index contributed by atoms with van der Waals surface area (Å²) in [6.07, 6.45) is 3.64. The summed E-state index contributed by atoms with van der Waals surface area (Å²) >= 11 is 21.1. The molecular formula is C35H24Br2Cl2N2O3S. The summed E-state index contributed by atoms with van der Waals surface area (Å²) in [7, 11) is 1.65. The van der Waals surface area contributed by atoms with E-state index in [2.05, 4.69) is 56.1 Å². The average molecular weight is 783 g/mol. The van der Waals surface area contributed by atoms with Gasteiger partial charge in [0.15, 0.2) is 4.80 Å². The Hall–Kier alpha value is -3.14. The SMILES string of the molecule is COc1ccc([C@@H]2C3=C(N=c4s/c(=C\c5cc(Br)c(OCc6ccc(Cl)cc6Cl)c(Br)c5)c(=O)n42)c2ccccc2CC3)cc1. The van der Waals surface area contributed by atoms with Crippen molar-refractivity contribution in [3.63, 3.8) is 0 Å². The van der Waals surface area contributed by atoms with E-state index < -0.39 is 0 Å². The predicted molar refractivity (Wildman–Crippen MR) is 188 cm³/mol. The van der Waals surface area contributed by atoms with Crippen molar-refractivity contribution in [3.05, 3.63) is 151 Å². The molecule has 0 spiro atoms. The normalized spacial score (nSPS) is 15.7. The van der Waals surface area contributed by atoms with Crippen LogP contribution >= 0.6 is 66.4 Å². The molecule has 1 aliphatic carbocycles. The van der Waals surface area contributed by atoms with E-state index in [-0.39, 0.29) is 18.2 Å². The van der Waals surface area contributed by atoms with Gasteiger partial charge in [0.2, 0.25) is 0 Å². The van der Waals surface area contributed by atoms with Crippen LogP contribution in [0.15, 0.2) is 103 Å². The number of aromatic nitrogens is 1. The standard InChI is InChI=1S/C35H24Br2Cl2N2O3S/c1-43-24-11-7-21(8-12-24)32-26-13-9-20-4-2-3-5-25(20)31(26)40-35-41(32)34(42)30(45-35)16-19-14-27(36)33(28(37)15-19)44-18-22-6-10-23(38)17-29(22)39/h2-8,10-12,14-17,32H,9,13,18H2,1H3/b30-16-/t32-/m1/s1. The van der Waals surface area contributed by atoms with Gasteiger partial charge in [-0.25, -0.2) is 4.99 Å². The zero-order chi connectivity index (χ0) is 31.2. The number of methoxy groups -OCH3 is 1. The van der Waals surface area contributed by atoms with Gasteiger partial charge in [-0.15, -0.1) is 0 Å². The Bertz CT molecular complexity index is 2170. The molecule has 2 heterocycles. The lowest BCUT2D eigenvalue weighted by Crippen LogP contribution is -2.38. The third-order valence-corrected chi connectivity index (χ3v) is 10.8. The van der Waals surface area contributed by atoms with E-state index in [1.54, 1.807) is 19.2 Å². The van der Waals surface area contributed by atoms with Crippen LogP contribution in [0.3, 0.4) is 0 Å². The Morgan fingerprint density at radius 3 is 2.49 bits per heavy atom. The van der Waals surface area contributed by atoms with E-state index in [0.717, 1.165) is 61.1 Å². The molecule has 2 aliphatic rings. The minimum atomic E-state index is -0.258. The molecule has 7 rings (SSSR count). The predicted octanol–water partition coefficient (Wildman–Crippen LogP) is 8.74. The fourth-order valence-electron chi connectivity index (χ4n) is 5.85. The second kappa shape index (κ2) is 12.6. The summed E-state index contributed by atoms with van der Waals surface area (Å²) in [5.74, 6) is 1.40. The van der Waals surface area contributed by atoms with Crippen molar-refractivity contribution in [1.29, 1.82) is 0 Å². The highest BCUT2D eigenvalue weighted by Gasteiger charge is 2.32. The lowest BCUT2D eigenvalue weighted by atomic mass is 9.83. The number of allylic oxidation sites excluding steroid dienone is 1. The molecule has 45 heavy (non-hydrogen) atoms. The summed E-state index contributed by atoms with van der Waals surface area (Å²) in [5.41, 5.74) is 7.16. The van der Waals surface area contributed by atoms with Gasteiger partial charge in [0.1, 0.15) is 18.1 Å². The summed E-state index contributed by atoms with van der Waals surface area (Å²) in [5, 5.41) is 1.11. The number of hydrogen-bond donors (Lipinski definition) is 0. The van der Waals surface area contributed by atoms with Crippen LogP contribution in [0.1, 0.15) is 40.3 Å². The van der Waals surface area contributed by atoms with Crippen LogP contribution in [-0.4, -0.2) is 11.7 Å². The number of fused-ring (bicyclic) bond motifs is 3. The number of nitrogens with zero attached hydrogens (tertiary/aromatic N) is 2. The van der Waals surface area contributed by atoms with Crippen molar-refractivity contribution in [2.75, 3.05) is 7.11 Å². The van der Waals surface area contributed by atoms with Crippen molar-refractivity contribution in [2.24, 2.45) is 4.99 Å². The van der Waals surface area contributed by atoms with Crippen LogP contribution in [-0.2, 0) is 13.0 Å². The van der Waals surface area contributed by atoms with Crippen LogP contribution in [0.25, 0.3) is 11.8 Å². The molecular weight excluding hydrogens is 759 g/mol. The van der Waals surface area contributed by atoms with E-state index in [9.17, 15) is 4.79 Å². The van der Waals surface area contributed by atoms with Gasteiger partial charge < -0.3 is 9.47 Å². The van der Waals surface area contributed by atoms with E-state index in [1.807, 2.05) is 53.1 Å². The minimum Gasteiger partial charge on any atom is -0.497 e. The molecule has 5 nitrogen and oxygen atoms in total. The van der Waals surface area contributed by atoms with Crippen LogP contribution in [0.4, 0.5) is 0 Å². The summed E-state index contributed by atoms with van der Waals surface area (Å²) in [6, 6.07) is 25.3. The average Bonchev–Trinajstić information content (AvgIpc) is 3.34. The van der Waals surface area contributed by atoms with Gasteiger partial charge in [0.25, 0.3) is 5.56 Å². The maximum atomic E-state index is 14.2. The van der Waals surface area contributed by atoms with Gasteiger partial charge >= 0.3 is 0 Å². The molecule has 5 aromatic rings. The monoisotopic (exact) mass is 780 g/mol. The topological polar surface area (TPSA) is 52.8 Å². The first kappa shape index (κ1) is 30.5. The van der Waals surface area contributed by atoms with Crippen LogP contribution in [0, 0.1) is 0 Å². The smallest absolute Gasteiger partial charge is 0.271 e. The maximum absolute atomic E-state index is 14.2. The van der Waals surface area contributed by atoms with Crippen LogP contribution in [0.2, 0.25) is 10.0 Å². The lowest BCUT2D eigenvalue weighted by Gasteiger charge is -2.30. The highest BCUT2D eigenvalue weighted by molar-refractivity contribution is 9.11. The molecule has 226 valence electrons. The van der Waals surface area contributed by atoms with E-state index in [4.69, 9.17) is 37.7 Å². The zero-order valence-corrected chi connectivity index (χ0v) is 29.3. The maximum Gasteiger partial charge on any atom is 0.271 e. The Morgan fingerprint density at radius 2 is 1.76 bits per heavy atom. The molecule has 0 radical (unpaired) electrons. The molecule has 0 bridgehead atoms. The summed E-state index contributed by atoms with van der Waals surface area (Å²) in [4.78, 5) is 20.0. The number of aryl methyl sites for hydroxylation is 1. The second-order valence-corrected chi connectivity index (χ2v) is 14.3. The molecule has 0 amide bonds. The third kappa shape index (κ3) is 5.83. The van der Waals surface area contributed by atoms with Crippen LogP contribution in [0.5, 0.6) is 11.5 Å². The van der Waals surface area contributed by atoms with Gasteiger partial charge in [0.05, 0.1) is 32.3 Å². The number of hydrogen-bond acceptors (Lipinski definition) is 5. The van der Waals surface area contributed by atoms with Crippen LogP contribution < -0.4 is 24.4 Å². The largest absolute Gasteiger partial charge is 0.497 e. The van der Waals surface area contributed by atoms with Crippen molar-refractivity contribution < 1.29 is 9.47 Å². The fourth-order valence-corrected chi connectivity index (χ4v) is 8.76. The highest BCUT2D eigenvalue weighted by Crippen LogP contribution is 2.41. The number of halogens is 4. The number of ether oxygens (including phenoxy) is 2. The van der Waals surface area contributed by atoms with E-state index >= 15 is 0 Å². The van der Waals surface area contributed by atoms with E-state index in [1.165, 1.54) is 16.9 Å². The summed E-state index contributed by atoms with van der Waals surface area (Å²) in [6.45, 7) is 0.268. The molecule has 1 aliphatic heterocycles. The number of thiazole rings is 1. The Morgan fingerprint density at radius 1 is 1.00 bits per heavy atom. The molecule has 0 saturated heterocycles. The fraction of sp³-hybridized carbons (Fsp3) is 0.143.